The first kappa shape index (κ1) is 14.3. The zero-order valence-electron chi connectivity index (χ0n) is 12.7. The zero-order valence-corrected chi connectivity index (χ0v) is 12.7. The van der Waals surface area contributed by atoms with Gasteiger partial charge in [-0.1, -0.05) is 24.3 Å². The van der Waals surface area contributed by atoms with Crippen molar-refractivity contribution in [2.75, 3.05) is 19.0 Å². The molecule has 0 aliphatic carbocycles. The number of hydrogen-bond acceptors (Lipinski definition) is 3. The molecule has 2 N–H and O–H groups in total. The SMILES string of the molecule is CN(C)c1ccc(Cc2c(O)ccc3cc(O)ccc23)cc1. The fourth-order valence-electron chi connectivity index (χ4n) is 2.67. The minimum absolute atomic E-state index is 0.236. The monoisotopic (exact) mass is 293 g/mol. The molecule has 0 aromatic heterocycles. The third-order valence-corrected chi connectivity index (χ3v) is 3.92. The fraction of sp³-hybridized carbons (Fsp3) is 0.158. The second-order valence-electron chi connectivity index (χ2n) is 5.71. The lowest BCUT2D eigenvalue weighted by Crippen LogP contribution is -2.08. The van der Waals surface area contributed by atoms with E-state index in [1.165, 1.54) is 0 Å². The summed E-state index contributed by atoms with van der Waals surface area (Å²) in [6.07, 6.45) is 0.654. The molecule has 3 nitrogen and oxygen atoms in total. The van der Waals surface area contributed by atoms with E-state index in [1.54, 1.807) is 18.2 Å². The summed E-state index contributed by atoms with van der Waals surface area (Å²) < 4.78 is 0. The average molecular weight is 293 g/mol. The van der Waals surface area contributed by atoms with Crippen LogP contribution in [0.15, 0.2) is 54.6 Å². The molecule has 0 spiro atoms. The van der Waals surface area contributed by atoms with Crippen molar-refractivity contribution in [2.45, 2.75) is 6.42 Å². The maximum atomic E-state index is 10.2. The average Bonchev–Trinajstić information content (AvgIpc) is 2.50. The minimum Gasteiger partial charge on any atom is -0.508 e. The van der Waals surface area contributed by atoms with Crippen LogP contribution in [0, 0.1) is 0 Å². The van der Waals surface area contributed by atoms with Crippen LogP contribution in [-0.2, 0) is 6.42 Å². The zero-order chi connectivity index (χ0) is 15.7. The van der Waals surface area contributed by atoms with Crippen LogP contribution in [0.3, 0.4) is 0 Å². The summed E-state index contributed by atoms with van der Waals surface area (Å²) in [7, 11) is 4.02. The van der Waals surface area contributed by atoms with Crippen molar-refractivity contribution in [3.05, 3.63) is 65.7 Å². The van der Waals surface area contributed by atoms with Gasteiger partial charge in [-0.15, -0.1) is 0 Å². The molecule has 112 valence electrons. The van der Waals surface area contributed by atoms with Gasteiger partial charge in [-0.2, -0.15) is 0 Å². The fourth-order valence-corrected chi connectivity index (χ4v) is 2.67. The Hall–Kier alpha value is -2.68. The summed E-state index contributed by atoms with van der Waals surface area (Å²) in [6, 6.07) is 17.0. The van der Waals surface area contributed by atoms with Gasteiger partial charge in [0.15, 0.2) is 0 Å². The van der Waals surface area contributed by atoms with E-state index in [4.69, 9.17) is 0 Å². The highest BCUT2D eigenvalue weighted by Gasteiger charge is 2.09. The highest BCUT2D eigenvalue weighted by atomic mass is 16.3. The number of nitrogens with zero attached hydrogens (tertiary/aromatic N) is 1. The van der Waals surface area contributed by atoms with Crippen LogP contribution in [0.2, 0.25) is 0 Å². The number of aromatic hydroxyl groups is 2. The van der Waals surface area contributed by atoms with Gasteiger partial charge in [0.1, 0.15) is 11.5 Å². The Balaban J connectivity index is 2.01. The van der Waals surface area contributed by atoms with E-state index >= 15 is 0 Å². The van der Waals surface area contributed by atoms with Crippen molar-refractivity contribution in [3.63, 3.8) is 0 Å². The van der Waals surface area contributed by atoms with Gasteiger partial charge in [0.05, 0.1) is 0 Å². The Bertz CT molecular complexity index is 808. The molecule has 0 heterocycles. The molecule has 0 bridgehead atoms. The molecular weight excluding hydrogens is 274 g/mol. The molecule has 0 fully saturated rings. The molecule has 0 saturated carbocycles. The normalized spacial score (nSPS) is 10.8. The summed E-state index contributed by atoms with van der Waals surface area (Å²) in [5, 5.41) is 21.7. The van der Waals surface area contributed by atoms with E-state index in [-0.39, 0.29) is 11.5 Å². The number of fused-ring (bicyclic) bond motifs is 1. The smallest absolute Gasteiger partial charge is 0.119 e. The lowest BCUT2D eigenvalue weighted by molar-refractivity contribution is 0.470. The lowest BCUT2D eigenvalue weighted by atomic mass is 9.97. The first-order valence-electron chi connectivity index (χ1n) is 7.24. The Morgan fingerprint density at radius 1 is 0.864 bits per heavy atom. The van der Waals surface area contributed by atoms with Crippen molar-refractivity contribution >= 4 is 16.5 Å². The summed E-state index contributed by atoms with van der Waals surface area (Å²) in [4.78, 5) is 2.06. The molecule has 0 atom stereocenters. The van der Waals surface area contributed by atoms with E-state index in [0.717, 1.165) is 27.6 Å². The number of hydrogen-bond donors (Lipinski definition) is 2. The quantitative estimate of drug-likeness (QED) is 0.769. The van der Waals surface area contributed by atoms with Gasteiger partial charge in [-0.3, -0.25) is 0 Å². The molecule has 0 amide bonds. The van der Waals surface area contributed by atoms with Crippen LogP contribution in [0.25, 0.3) is 10.8 Å². The number of phenols is 2. The number of benzene rings is 3. The molecule has 0 aliphatic heterocycles. The van der Waals surface area contributed by atoms with Crippen LogP contribution in [0.1, 0.15) is 11.1 Å². The molecule has 22 heavy (non-hydrogen) atoms. The summed E-state index contributed by atoms with van der Waals surface area (Å²) >= 11 is 0. The molecule has 0 saturated heterocycles. The molecule has 3 aromatic rings. The standard InChI is InChI=1S/C19H19NO2/c1-20(2)15-6-3-13(4-7-15)11-18-17-9-8-16(21)12-14(17)5-10-19(18)22/h3-10,12,21-22H,11H2,1-2H3. The third kappa shape index (κ3) is 2.70. The Kier molecular flexibility index (Phi) is 3.63. The van der Waals surface area contributed by atoms with E-state index < -0.39 is 0 Å². The second kappa shape index (κ2) is 5.60. The second-order valence-corrected chi connectivity index (χ2v) is 5.71. The highest BCUT2D eigenvalue weighted by Crippen LogP contribution is 2.31. The van der Waals surface area contributed by atoms with Crippen LogP contribution in [0.5, 0.6) is 11.5 Å². The summed E-state index contributed by atoms with van der Waals surface area (Å²) in [5.41, 5.74) is 3.17. The van der Waals surface area contributed by atoms with Gasteiger partial charge in [-0.05, 0) is 46.7 Å². The number of phenolic OH excluding ortho intramolecular Hbond substituents is 2. The van der Waals surface area contributed by atoms with E-state index in [9.17, 15) is 10.2 Å². The van der Waals surface area contributed by atoms with Gasteiger partial charge in [0.2, 0.25) is 0 Å². The maximum Gasteiger partial charge on any atom is 0.119 e. The number of anilines is 1. The topological polar surface area (TPSA) is 43.7 Å². The van der Waals surface area contributed by atoms with Crippen molar-refractivity contribution in [3.8, 4) is 11.5 Å². The Morgan fingerprint density at radius 2 is 1.59 bits per heavy atom. The van der Waals surface area contributed by atoms with Gasteiger partial charge in [0.25, 0.3) is 0 Å². The van der Waals surface area contributed by atoms with Gasteiger partial charge < -0.3 is 15.1 Å². The molecule has 0 aliphatic rings. The third-order valence-electron chi connectivity index (χ3n) is 3.92. The first-order valence-corrected chi connectivity index (χ1v) is 7.24. The highest BCUT2D eigenvalue weighted by molar-refractivity contribution is 5.89. The van der Waals surface area contributed by atoms with Crippen molar-refractivity contribution in [2.24, 2.45) is 0 Å². The molecule has 0 radical (unpaired) electrons. The van der Waals surface area contributed by atoms with E-state index in [2.05, 4.69) is 29.2 Å². The van der Waals surface area contributed by atoms with E-state index in [0.29, 0.717) is 6.42 Å². The van der Waals surface area contributed by atoms with Crippen molar-refractivity contribution < 1.29 is 10.2 Å². The largest absolute Gasteiger partial charge is 0.508 e. The van der Waals surface area contributed by atoms with Gasteiger partial charge in [-0.25, -0.2) is 0 Å². The molecule has 3 aromatic carbocycles. The number of rotatable bonds is 3. The van der Waals surface area contributed by atoms with Crippen LogP contribution >= 0.6 is 0 Å². The molecule has 3 rings (SSSR count). The predicted octanol–water partition coefficient (Wildman–Crippen LogP) is 3.91. The lowest BCUT2D eigenvalue weighted by Gasteiger charge is -2.14. The van der Waals surface area contributed by atoms with Crippen LogP contribution in [-0.4, -0.2) is 24.3 Å². The molecular formula is C19H19NO2. The minimum atomic E-state index is 0.236. The van der Waals surface area contributed by atoms with Gasteiger partial charge in [0, 0.05) is 31.8 Å². The first-order chi connectivity index (χ1) is 10.5. The summed E-state index contributed by atoms with van der Waals surface area (Å²) in [6.45, 7) is 0. The van der Waals surface area contributed by atoms with Crippen molar-refractivity contribution in [1.29, 1.82) is 0 Å². The Labute approximate surface area is 130 Å². The van der Waals surface area contributed by atoms with E-state index in [1.807, 2.05) is 26.2 Å². The maximum absolute atomic E-state index is 10.2. The van der Waals surface area contributed by atoms with Crippen LogP contribution in [0.4, 0.5) is 5.69 Å². The predicted molar refractivity (Wildman–Crippen MR) is 90.9 cm³/mol. The van der Waals surface area contributed by atoms with Gasteiger partial charge >= 0.3 is 0 Å². The molecule has 0 unspecified atom stereocenters. The van der Waals surface area contributed by atoms with Crippen LogP contribution < -0.4 is 4.90 Å². The van der Waals surface area contributed by atoms with Crippen molar-refractivity contribution in [1.82, 2.24) is 0 Å². The Morgan fingerprint density at radius 3 is 2.27 bits per heavy atom. The molecule has 3 heteroatoms. The summed E-state index contributed by atoms with van der Waals surface area (Å²) in [5.74, 6) is 0.523.